The highest BCUT2D eigenvalue weighted by Crippen LogP contribution is 2.25. The minimum absolute atomic E-state index is 0.0524. The fourth-order valence-corrected chi connectivity index (χ4v) is 2.25. The van der Waals surface area contributed by atoms with Crippen LogP contribution in [0.5, 0.6) is 0 Å². The molecule has 0 radical (unpaired) electrons. The maximum absolute atomic E-state index is 6.04. The van der Waals surface area contributed by atoms with Crippen LogP contribution in [0.1, 0.15) is 25.5 Å². The molecule has 0 bridgehead atoms. The molecule has 1 aromatic heterocycles. The van der Waals surface area contributed by atoms with Gasteiger partial charge in [0.15, 0.2) is 0 Å². The number of rotatable bonds is 5. The molecule has 0 aliphatic carbocycles. The SMILES string of the molecule is CCNc1nc(Cl)nc(N(C)C(C)c2cccc(Cl)c2)n1. The van der Waals surface area contributed by atoms with Crippen molar-refractivity contribution in [3.05, 3.63) is 40.1 Å². The number of halogens is 2. The van der Waals surface area contributed by atoms with Crippen molar-refractivity contribution in [2.45, 2.75) is 19.9 Å². The van der Waals surface area contributed by atoms with Gasteiger partial charge in [0.05, 0.1) is 6.04 Å². The van der Waals surface area contributed by atoms with Gasteiger partial charge < -0.3 is 10.2 Å². The van der Waals surface area contributed by atoms with Gasteiger partial charge in [-0.2, -0.15) is 15.0 Å². The second-order valence-electron chi connectivity index (χ2n) is 4.60. The monoisotopic (exact) mass is 325 g/mol. The topological polar surface area (TPSA) is 53.9 Å². The maximum Gasteiger partial charge on any atom is 0.231 e. The lowest BCUT2D eigenvalue weighted by atomic mass is 10.1. The molecule has 0 saturated carbocycles. The van der Waals surface area contributed by atoms with Gasteiger partial charge in [-0.25, -0.2) is 0 Å². The van der Waals surface area contributed by atoms with Crippen molar-refractivity contribution in [3.8, 4) is 0 Å². The Morgan fingerprint density at radius 2 is 2.00 bits per heavy atom. The molecule has 21 heavy (non-hydrogen) atoms. The molecule has 0 amide bonds. The van der Waals surface area contributed by atoms with Crippen LogP contribution in [-0.4, -0.2) is 28.5 Å². The van der Waals surface area contributed by atoms with Crippen molar-refractivity contribution < 1.29 is 0 Å². The maximum atomic E-state index is 6.04. The van der Waals surface area contributed by atoms with E-state index in [-0.39, 0.29) is 11.3 Å². The molecule has 0 aliphatic heterocycles. The Bertz CT molecular complexity index is 620. The molecule has 1 unspecified atom stereocenters. The van der Waals surface area contributed by atoms with Crippen LogP contribution >= 0.6 is 23.2 Å². The highest BCUT2D eigenvalue weighted by atomic mass is 35.5. The van der Waals surface area contributed by atoms with Crippen molar-refractivity contribution in [1.82, 2.24) is 15.0 Å². The molecule has 2 aromatic rings. The molecule has 0 aliphatic rings. The van der Waals surface area contributed by atoms with Crippen LogP contribution in [0.4, 0.5) is 11.9 Å². The second kappa shape index (κ2) is 6.91. The predicted molar refractivity (Wildman–Crippen MR) is 87.3 cm³/mol. The van der Waals surface area contributed by atoms with Crippen LogP contribution in [-0.2, 0) is 0 Å². The smallest absolute Gasteiger partial charge is 0.231 e. The number of hydrogen-bond donors (Lipinski definition) is 1. The molecule has 1 heterocycles. The number of aromatic nitrogens is 3. The summed E-state index contributed by atoms with van der Waals surface area (Å²) in [7, 11) is 1.91. The third-order valence-corrected chi connectivity index (χ3v) is 3.56. The van der Waals surface area contributed by atoms with Crippen LogP contribution < -0.4 is 10.2 Å². The molecule has 1 atom stereocenters. The molecule has 7 heteroatoms. The van der Waals surface area contributed by atoms with E-state index in [4.69, 9.17) is 23.2 Å². The lowest BCUT2D eigenvalue weighted by Crippen LogP contribution is -2.24. The highest BCUT2D eigenvalue weighted by Gasteiger charge is 2.16. The van der Waals surface area contributed by atoms with Crippen molar-refractivity contribution >= 4 is 35.1 Å². The molecular weight excluding hydrogens is 309 g/mol. The quantitative estimate of drug-likeness (QED) is 0.905. The standard InChI is InChI=1S/C14H17Cl2N5/c1-4-17-13-18-12(16)19-14(20-13)21(3)9(2)10-6-5-7-11(15)8-10/h5-9H,4H2,1-3H3,(H,17,18,19,20). The highest BCUT2D eigenvalue weighted by molar-refractivity contribution is 6.30. The van der Waals surface area contributed by atoms with E-state index in [1.807, 2.05) is 43.1 Å². The Morgan fingerprint density at radius 3 is 2.67 bits per heavy atom. The largest absolute Gasteiger partial charge is 0.354 e. The van der Waals surface area contributed by atoms with Gasteiger partial charge in [-0.1, -0.05) is 23.7 Å². The summed E-state index contributed by atoms with van der Waals surface area (Å²) in [6.45, 7) is 4.74. The van der Waals surface area contributed by atoms with Crippen LogP contribution in [0.15, 0.2) is 24.3 Å². The first-order valence-corrected chi connectivity index (χ1v) is 7.40. The van der Waals surface area contributed by atoms with Gasteiger partial charge in [0.25, 0.3) is 0 Å². The Labute approximate surface area is 134 Å². The predicted octanol–water partition coefficient (Wildman–Crippen LogP) is 3.81. The van der Waals surface area contributed by atoms with Gasteiger partial charge in [-0.15, -0.1) is 0 Å². The van der Waals surface area contributed by atoms with Gasteiger partial charge in [0.1, 0.15) is 0 Å². The normalized spacial score (nSPS) is 12.0. The minimum atomic E-state index is 0.0524. The zero-order valence-corrected chi connectivity index (χ0v) is 13.7. The van der Waals surface area contributed by atoms with E-state index >= 15 is 0 Å². The molecular formula is C14H17Cl2N5. The fourth-order valence-electron chi connectivity index (χ4n) is 1.90. The molecule has 0 fully saturated rings. The van der Waals surface area contributed by atoms with E-state index in [1.165, 1.54) is 0 Å². The van der Waals surface area contributed by atoms with Gasteiger partial charge in [0.2, 0.25) is 17.2 Å². The number of benzene rings is 1. The van der Waals surface area contributed by atoms with E-state index < -0.39 is 0 Å². The van der Waals surface area contributed by atoms with Crippen LogP contribution in [0, 0.1) is 0 Å². The van der Waals surface area contributed by atoms with Gasteiger partial charge in [0, 0.05) is 18.6 Å². The van der Waals surface area contributed by atoms with Crippen LogP contribution in [0.25, 0.3) is 0 Å². The molecule has 1 N–H and O–H groups in total. The van der Waals surface area contributed by atoms with Gasteiger partial charge in [-0.05, 0) is 43.1 Å². The second-order valence-corrected chi connectivity index (χ2v) is 5.37. The van der Waals surface area contributed by atoms with Crippen molar-refractivity contribution in [1.29, 1.82) is 0 Å². The van der Waals surface area contributed by atoms with Crippen LogP contribution in [0.3, 0.4) is 0 Å². The first-order chi connectivity index (χ1) is 10.0. The Kier molecular flexibility index (Phi) is 5.20. The molecule has 0 saturated heterocycles. The molecule has 1 aromatic carbocycles. The molecule has 112 valence electrons. The summed E-state index contributed by atoms with van der Waals surface area (Å²) in [5.41, 5.74) is 1.08. The Hall–Kier alpha value is -1.59. The summed E-state index contributed by atoms with van der Waals surface area (Å²) in [5, 5.41) is 3.91. The van der Waals surface area contributed by atoms with Gasteiger partial charge in [-0.3, -0.25) is 0 Å². The Balaban J connectivity index is 2.28. The van der Waals surface area contributed by atoms with Crippen molar-refractivity contribution in [3.63, 3.8) is 0 Å². The summed E-state index contributed by atoms with van der Waals surface area (Å²) in [6.07, 6.45) is 0. The summed E-state index contributed by atoms with van der Waals surface area (Å²) >= 11 is 12.0. The number of anilines is 2. The van der Waals surface area contributed by atoms with E-state index in [9.17, 15) is 0 Å². The third kappa shape index (κ3) is 3.95. The Morgan fingerprint density at radius 1 is 1.24 bits per heavy atom. The lowest BCUT2D eigenvalue weighted by Gasteiger charge is -2.25. The summed E-state index contributed by atoms with van der Waals surface area (Å²) in [4.78, 5) is 14.5. The van der Waals surface area contributed by atoms with Crippen molar-refractivity contribution in [2.75, 3.05) is 23.8 Å². The third-order valence-electron chi connectivity index (χ3n) is 3.16. The van der Waals surface area contributed by atoms with Gasteiger partial charge >= 0.3 is 0 Å². The lowest BCUT2D eigenvalue weighted by molar-refractivity contribution is 0.712. The summed E-state index contributed by atoms with van der Waals surface area (Å²) in [6, 6.07) is 7.77. The number of nitrogens with zero attached hydrogens (tertiary/aromatic N) is 4. The number of nitrogens with one attached hydrogen (secondary N) is 1. The van der Waals surface area contributed by atoms with E-state index in [2.05, 4.69) is 27.2 Å². The molecule has 5 nitrogen and oxygen atoms in total. The first-order valence-electron chi connectivity index (χ1n) is 6.65. The van der Waals surface area contributed by atoms with Crippen LogP contribution in [0.2, 0.25) is 10.3 Å². The van der Waals surface area contributed by atoms with E-state index in [0.29, 0.717) is 23.5 Å². The summed E-state index contributed by atoms with van der Waals surface area (Å²) in [5.74, 6) is 0.982. The molecule has 2 rings (SSSR count). The van der Waals surface area contributed by atoms with Crippen molar-refractivity contribution in [2.24, 2.45) is 0 Å². The molecule has 0 spiro atoms. The average molecular weight is 326 g/mol. The zero-order chi connectivity index (χ0) is 15.4. The first kappa shape index (κ1) is 15.8. The van der Waals surface area contributed by atoms with E-state index in [1.54, 1.807) is 0 Å². The minimum Gasteiger partial charge on any atom is -0.354 e. The zero-order valence-electron chi connectivity index (χ0n) is 12.1. The number of hydrogen-bond acceptors (Lipinski definition) is 5. The van der Waals surface area contributed by atoms with E-state index in [0.717, 1.165) is 5.56 Å². The fraction of sp³-hybridized carbons (Fsp3) is 0.357. The summed E-state index contributed by atoms with van der Waals surface area (Å²) < 4.78 is 0. The average Bonchev–Trinajstić information content (AvgIpc) is 2.45.